The van der Waals surface area contributed by atoms with Gasteiger partial charge in [-0.1, -0.05) is 37.3 Å². The van der Waals surface area contributed by atoms with Gasteiger partial charge in [-0.2, -0.15) is 0 Å². The minimum absolute atomic E-state index is 0.0736. The molecule has 120 valence electrons. The number of anilines is 1. The smallest absolute Gasteiger partial charge is 0.412 e. The SMILES string of the molecule is CCC(=O)Oc1ncc(NC(=O)OCc2ccccc2)c(=O)[nH]1. The van der Waals surface area contributed by atoms with Crippen LogP contribution in [0.3, 0.4) is 0 Å². The number of carbonyl (C=O) groups excluding carboxylic acids is 2. The Morgan fingerprint density at radius 3 is 2.65 bits per heavy atom. The Balaban J connectivity index is 1.93. The highest BCUT2D eigenvalue weighted by Crippen LogP contribution is 2.05. The van der Waals surface area contributed by atoms with Crippen LogP contribution < -0.4 is 15.6 Å². The van der Waals surface area contributed by atoms with Crippen molar-refractivity contribution in [2.45, 2.75) is 20.0 Å². The zero-order chi connectivity index (χ0) is 16.7. The Labute approximate surface area is 131 Å². The molecular weight excluding hydrogens is 302 g/mol. The van der Waals surface area contributed by atoms with Gasteiger partial charge in [-0.15, -0.1) is 0 Å². The van der Waals surface area contributed by atoms with Crippen molar-refractivity contribution in [2.24, 2.45) is 0 Å². The lowest BCUT2D eigenvalue weighted by atomic mass is 10.2. The summed E-state index contributed by atoms with van der Waals surface area (Å²) >= 11 is 0. The van der Waals surface area contributed by atoms with Crippen LogP contribution in [0.1, 0.15) is 18.9 Å². The maximum Gasteiger partial charge on any atom is 0.412 e. The molecule has 0 unspecified atom stereocenters. The van der Waals surface area contributed by atoms with Crippen LogP contribution in [-0.4, -0.2) is 22.0 Å². The maximum absolute atomic E-state index is 11.8. The van der Waals surface area contributed by atoms with Crippen molar-refractivity contribution >= 4 is 17.7 Å². The number of hydrogen-bond donors (Lipinski definition) is 2. The minimum atomic E-state index is -0.792. The summed E-state index contributed by atoms with van der Waals surface area (Å²) in [4.78, 5) is 40.5. The second-order valence-corrected chi connectivity index (χ2v) is 4.45. The third kappa shape index (κ3) is 4.95. The van der Waals surface area contributed by atoms with E-state index in [9.17, 15) is 14.4 Å². The molecule has 0 spiro atoms. The Kier molecular flexibility index (Phi) is 5.45. The molecule has 2 rings (SSSR count). The van der Waals surface area contributed by atoms with E-state index in [-0.39, 0.29) is 24.7 Å². The molecule has 0 saturated heterocycles. The zero-order valence-electron chi connectivity index (χ0n) is 12.4. The topological polar surface area (TPSA) is 110 Å². The van der Waals surface area contributed by atoms with Crippen molar-refractivity contribution in [3.63, 3.8) is 0 Å². The number of amides is 1. The van der Waals surface area contributed by atoms with Crippen molar-refractivity contribution in [1.29, 1.82) is 0 Å². The standard InChI is InChI=1S/C15H15N3O5/c1-2-12(19)23-14-16-8-11(13(20)18-14)17-15(21)22-9-10-6-4-3-5-7-10/h3-8H,2,9H2,1H3,(H,17,21)(H,16,18,20). The van der Waals surface area contributed by atoms with Gasteiger partial charge in [0.25, 0.3) is 5.56 Å². The molecule has 0 aliphatic heterocycles. The molecule has 0 atom stereocenters. The summed E-state index contributed by atoms with van der Waals surface area (Å²) in [7, 11) is 0. The van der Waals surface area contributed by atoms with Gasteiger partial charge < -0.3 is 9.47 Å². The molecule has 2 N–H and O–H groups in total. The van der Waals surface area contributed by atoms with E-state index in [1.807, 2.05) is 18.2 Å². The van der Waals surface area contributed by atoms with Crippen molar-refractivity contribution in [3.05, 3.63) is 52.4 Å². The second kappa shape index (κ2) is 7.74. The highest BCUT2D eigenvalue weighted by atomic mass is 16.6. The number of nitrogens with one attached hydrogen (secondary N) is 2. The van der Waals surface area contributed by atoms with Crippen LogP contribution in [0.2, 0.25) is 0 Å². The zero-order valence-corrected chi connectivity index (χ0v) is 12.4. The molecule has 0 aliphatic rings. The van der Waals surface area contributed by atoms with Gasteiger partial charge in [-0.25, -0.2) is 9.78 Å². The van der Waals surface area contributed by atoms with Crippen LogP contribution in [0.25, 0.3) is 0 Å². The van der Waals surface area contributed by atoms with Crippen molar-refractivity contribution in [2.75, 3.05) is 5.32 Å². The molecule has 23 heavy (non-hydrogen) atoms. The number of benzene rings is 1. The quantitative estimate of drug-likeness (QED) is 0.814. The highest BCUT2D eigenvalue weighted by molar-refractivity contribution is 5.84. The number of esters is 1. The van der Waals surface area contributed by atoms with Crippen LogP contribution in [0.5, 0.6) is 6.01 Å². The van der Waals surface area contributed by atoms with E-state index in [2.05, 4.69) is 15.3 Å². The van der Waals surface area contributed by atoms with Gasteiger partial charge in [0.1, 0.15) is 12.3 Å². The van der Waals surface area contributed by atoms with Gasteiger partial charge >= 0.3 is 18.1 Å². The maximum atomic E-state index is 11.8. The van der Waals surface area contributed by atoms with Crippen LogP contribution in [0.15, 0.2) is 41.3 Å². The van der Waals surface area contributed by atoms with Gasteiger partial charge in [0.2, 0.25) is 0 Å². The van der Waals surface area contributed by atoms with E-state index >= 15 is 0 Å². The number of aromatic amines is 1. The van der Waals surface area contributed by atoms with E-state index in [1.165, 1.54) is 0 Å². The largest absolute Gasteiger partial charge is 0.444 e. The second-order valence-electron chi connectivity index (χ2n) is 4.45. The minimum Gasteiger partial charge on any atom is -0.444 e. The molecule has 0 radical (unpaired) electrons. The fourth-order valence-electron chi connectivity index (χ4n) is 1.57. The van der Waals surface area contributed by atoms with Gasteiger partial charge in [0, 0.05) is 6.42 Å². The highest BCUT2D eigenvalue weighted by Gasteiger charge is 2.10. The average molecular weight is 317 g/mol. The number of nitrogens with zero attached hydrogens (tertiary/aromatic N) is 1. The van der Waals surface area contributed by atoms with Crippen LogP contribution in [0, 0.1) is 0 Å². The lowest BCUT2D eigenvalue weighted by Crippen LogP contribution is -2.22. The summed E-state index contributed by atoms with van der Waals surface area (Å²) in [5.41, 5.74) is 0.0476. The van der Waals surface area contributed by atoms with E-state index < -0.39 is 17.6 Å². The van der Waals surface area contributed by atoms with Gasteiger partial charge in [-0.3, -0.25) is 19.9 Å². The van der Waals surface area contributed by atoms with Crippen LogP contribution >= 0.6 is 0 Å². The summed E-state index contributed by atoms with van der Waals surface area (Å²) in [6, 6.07) is 8.87. The summed E-state index contributed by atoms with van der Waals surface area (Å²) in [6.07, 6.45) is 0.440. The Morgan fingerprint density at radius 1 is 1.26 bits per heavy atom. The monoisotopic (exact) mass is 317 g/mol. The first kappa shape index (κ1) is 16.2. The lowest BCUT2D eigenvalue weighted by molar-refractivity contribution is -0.134. The molecule has 0 bridgehead atoms. The molecular formula is C15H15N3O5. The molecule has 2 aromatic rings. The Hall–Kier alpha value is -3.16. The fraction of sp³-hybridized carbons (Fsp3) is 0.200. The molecule has 1 aromatic carbocycles. The molecule has 0 fully saturated rings. The lowest BCUT2D eigenvalue weighted by Gasteiger charge is -2.07. The molecule has 0 saturated carbocycles. The predicted octanol–water partition coefficient (Wildman–Crippen LogP) is 1.83. The summed E-state index contributed by atoms with van der Waals surface area (Å²) in [5, 5.41) is 2.27. The normalized spacial score (nSPS) is 9.96. The fourth-order valence-corrected chi connectivity index (χ4v) is 1.57. The molecule has 1 aromatic heterocycles. The number of carbonyl (C=O) groups is 2. The third-order valence-electron chi connectivity index (χ3n) is 2.72. The van der Waals surface area contributed by atoms with E-state index in [0.29, 0.717) is 0 Å². The first-order valence-electron chi connectivity index (χ1n) is 6.86. The Morgan fingerprint density at radius 2 is 2.00 bits per heavy atom. The van der Waals surface area contributed by atoms with Gasteiger partial charge in [0.05, 0.1) is 6.20 Å². The van der Waals surface area contributed by atoms with E-state index in [0.717, 1.165) is 11.8 Å². The molecule has 1 amide bonds. The number of H-pyrrole nitrogens is 1. The first-order chi connectivity index (χ1) is 11.1. The molecule has 8 heteroatoms. The van der Waals surface area contributed by atoms with Gasteiger partial charge in [-0.05, 0) is 5.56 Å². The molecule has 0 aliphatic carbocycles. The molecule has 8 nitrogen and oxygen atoms in total. The average Bonchev–Trinajstić information content (AvgIpc) is 2.56. The van der Waals surface area contributed by atoms with Gasteiger partial charge in [0.15, 0.2) is 0 Å². The van der Waals surface area contributed by atoms with E-state index in [1.54, 1.807) is 19.1 Å². The van der Waals surface area contributed by atoms with Crippen molar-refractivity contribution in [1.82, 2.24) is 9.97 Å². The van der Waals surface area contributed by atoms with Crippen molar-refractivity contribution < 1.29 is 19.1 Å². The summed E-state index contributed by atoms with van der Waals surface area (Å²) in [6.45, 7) is 1.68. The summed E-state index contributed by atoms with van der Waals surface area (Å²) < 4.78 is 9.74. The third-order valence-corrected chi connectivity index (χ3v) is 2.72. The number of rotatable bonds is 5. The number of hydrogen-bond acceptors (Lipinski definition) is 6. The summed E-state index contributed by atoms with van der Waals surface area (Å²) in [5.74, 6) is -0.531. The van der Waals surface area contributed by atoms with Crippen LogP contribution in [-0.2, 0) is 16.1 Å². The molecule has 1 heterocycles. The number of aromatic nitrogens is 2. The first-order valence-corrected chi connectivity index (χ1v) is 6.86. The van der Waals surface area contributed by atoms with E-state index in [4.69, 9.17) is 9.47 Å². The van der Waals surface area contributed by atoms with Crippen LogP contribution in [0.4, 0.5) is 10.5 Å². The predicted molar refractivity (Wildman–Crippen MR) is 81.0 cm³/mol. The number of ether oxygens (including phenoxy) is 2. The van der Waals surface area contributed by atoms with Crippen molar-refractivity contribution in [3.8, 4) is 6.01 Å². The Bertz CT molecular complexity index is 742.